The van der Waals surface area contributed by atoms with E-state index in [9.17, 15) is 13.2 Å². The van der Waals surface area contributed by atoms with Crippen molar-refractivity contribution in [2.45, 2.75) is 25.3 Å². The number of nitrogens with one attached hydrogen (secondary N) is 1. The Morgan fingerprint density at radius 1 is 1.26 bits per heavy atom. The maximum atomic E-state index is 13.0. The summed E-state index contributed by atoms with van der Waals surface area (Å²) in [6.45, 7) is 1.09. The number of carbonyl (C=O) groups excluding carboxylic acids is 1. The Kier molecular flexibility index (Phi) is 6.18. The Balaban J connectivity index is 1.67. The molecule has 6 nitrogen and oxygen atoms in total. The summed E-state index contributed by atoms with van der Waals surface area (Å²) in [5.41, 5.74) is 1.12. The van der Waals surface area contributed by atoms with Crippen LogP contribution in [-0.4, -0.2) is 45.7 Å². The van der Waals surface area contributed by atoms with E-state index in [-0.39, 0.29) is 11.9 Å². The van der Waals surface area contributed by atoms with Crippen LogP contribution in [0.5, 0.6) is 5.75 Å². The Labute approximate surface area is 164 Å². The van der Waals surface area contributed by atoms with Gasteiger partial charge in [0.2, 0.25) is 10.0 Å². The van der Waals surface area contributed by atoms with Gasteiger partial charge in [-0.1, -0.05) is 12.1 Å². The van der Waals surface area contributed by atoms with Crippen LogP contribution in [0.25, 0.3) is 0 Å². The summed E-state index contributed by atoms with van der Waals surface area (Å²) < 4.78 is 30.0. The minimum Gasteiger partial charge on any atom is -0.497 e. The van der Waals surface area contributed by atoms with Crippen molar-refractivity contribution in [1.29, 1.82) is 0 Å². The minimum absolute atomic E-state index is 0.0423. The molecular formula is C19H24N2O4S2. The van der Waals surface area contributed by atoms with E-state index in [1.54, 1.807) is 7.11 Å². The van der Waals surface area contributed by atoms with Gasteiger partial charge in [0.15, 0.2) is 0 Å². The molecule has 27 heavy (non-hydrogen) atoms. The first kappa shape index (κ1) is 19.9. The van der Waals surface area contributed by atoms with Gasteiger partial charge >= 0.3 is 0 Å². The van der Waals surface area contributed by atoms with Gasteiger partial charge in [-0.2, -0.15) is 0 Å². The van der Waals surface area contributed by atoms with Crippen molar-refractivity contribution in [2.75, 3.05) is 26.5 Å². The number of amides is 1. The zero-order valence-electron chi connectivity index (χ0n) is 15.5. The summed E-state index contributed by atoms with van der Waals surface area (Å²) in [5.74, 6) is 0.848. The largest absolute Gasteiger partial charge is 0.497 e. The first-order chi connectivity index (χ1) is 12.9. The van der Waals surface area contributed by atoms with Gasteiger partial charge in [0, 0.05) is 18.0 Å². The van der Waals surface area contributed by atoms with Gasteiger partial charge in [0.25, 0.3) is 5.91 Å². The standard InChI is InChI=1S/C19H24N2O4S2/c1-25-15-7-5-14(6-8-15)17-4-3-13-21(17)19(22)18-10-9-16(26-18)11-12-20-27(2,23)24/h5-10,17,20H,3-4,11-13H2,1-2H3/t17-/m0/s1. The molecule has 1 atom stereocenters. The Morgan fingerprint density at radius 2 is 2.00 bits per heavy atom. The fourth-order valence-electron chi connectivity index (χ4n) is 3.31. The number of nitrogens with zero attached hydrogens (tertiary/aromatic N) is 1. The summed E-state index contributed by atoms with van der Waals surface area (Å²) in [7, 11) is -1.55. The third-order valence-electron chi connectivity index (χ3n) is 4.62. The lowest BCUT2D eigenvalue weighted by molar-refractivity contribution is 0.0740. The van der Waals surface area contributed by atoms with Crippen LogP contribution >= 0.6 is 11.3 Å². The van der Waals surface area contributed by atoms with Crippen molar-refractivity contribution < 1.29 is 17.9 Å². The number of ether oxygens (including phenoxy) is 1. The zero-order valence-corrected chi connectivity index (χ0v) is 17.1. The molecule has 2 aromatic rings. The molecule has 0 saturated carbocycles. The molecule has 2 heterocycles. The van der Waals surface area contributed by atoms with Gasteiger partial charge in [0.05, 0.1) is 24.3 Å². The topological polar surface area (TPSA) is 75.7 Å². The van der Waals surface area contributed by atoms with Gasteiger partial charge in [-0.3, -0.25) is 4.79 Å². The molecule has 0 aliphatic carbocycles. The maximum Gasteiger partial charge on any atom is 0.264 e. The molecule has 1 amide bonds. The molecule has 0 radical (unpaired) electrons. The second-order valence-corrected chi connectivity index (χ2v) is 9.61. The highest BCUT2D eigenvalue weighted by Gasteiger charge is 2.31. The molecular weight excluding hydrogens is 384 g/mol. The van der Waals surface area contributed by atoms with Crippen LogP contribution in [0.2, 0.25) is 0 Å². The van der Waals surface area contributed by atoms with Crippen LogP contribution in [0.4, 0.5) is 0 Å². The predicted molar refractivity (Wildman–Crippen MR) is 107 cm³/mol. The van der Waals surface area contributed by atoms with E-state index in [0.29, 0.717) is 17.8 Å². The second kappa shape index (κ2) is 8.41. The molecule has 0 bridgehead atoms. The van der Waals surface area contributed by atoms with Crippen LogP contribution < -0.4 is 9.46 Å². The van der Waals surface area contributed by atoms with E-state index in [1.165, 1.54) is 11.3 Å². The van der Waals surface area contributed by atoms with E-state index < -0.39 is 10.0 Å². The van der Waals surface area contributed by atoms with E-state index in [2.05, 4.69) is 4.72 Å². The normalized spacial score (nSPS) is 17.3. The molecule has 3 rings (SSSR count). The lowest BCUT2D eigenvalue weighted by Crippen LogP contribution is -2.29. The molecule has 1 N–H and O–H groups in total. The lowest BCUT2D eigenvalue weighted by Gasteiger charge is -2.24. The highest BCUT2D eigenvalue weighted by molar-refractivity contribution is 7.88. The summed E-state index contributed by atoms with van der Waals surface area (Å²) in [5, 5.41) is 0. The molecule has 0 spiro atoms. The summed E-state index contributed by atoms with van der Waals surface area (Å²) in [6.07, 6.45) is 3.66. The van der Waals surface area contributed by atoms with Crippen molar-refractivity contribution in [1.82, 2.24) is 9.62 Å². The molecule has 1 aliphatic rings. The quantitative estimate of drug-likeness (QED) is 0.764. The predicted octanol–water partition coefficient (Wildman–Crippen LogP) is 2.83. The van der Waals surface area contributed by atoms with Crippen molar-refractivity contribution in [2.24, 2.45) is 0 Å². The summed E-state index contributed by atoms with van der Waals surface area (Å²) >= 11 is 1.44. The number of rotatable bonds is 7. The Morgan fingerprint density at radius 3 is 2.67 bits per heavy atom. The van der Waals surface area contributed by atoms with Gasteiger partial charge in [0.1, 0.15) is 5.75 Å². The molecule has 8 heteroatoms. The van der Waals surface area contributed by atoms with Crippen molar-refractivity contribution in [3.05, 3.63) is 51.7 Å². The number of hydrogen-bond acceptors (Lipinski definition) is 5. The van der Waals surface area contributed by atoms with Crippen LogP contribution in [0.3, 0.4) is 0 Å². The number of hydrogen-bond donors (Lipinski definition) is 1. The third kappa shape index (κ3) is 5.09. The molecule has 1 aromatic heterocycles. The van der Waals surface area contributed by atoms with Gasteiger partial charge in [-0.05, 0) is 49.1 Å². The lowest BCUT2D eigenvalue weighted by atomic mass is 10.0. The van der Waals surface area contributed by atoms with Crippen molar-refractivity contribution >= 4 is 27.3 Å². The SMILES string of the molecule is COc1ccc([C@@H]2CCCN2C(=O)c2ccc(CCNS(C)(=O)=O)s2)cc1. The molecule has 1 saturated heterocycles. The second-order valence-electron chi connectivity index (χ2n) is 6.61. The summed E-state index contributed by atoms with van der Waals surface area (Å²) in [6, 6.07) is 11.7. The number of benzene rings is 1. The van der Waals surface area contributed by atoms with Crippen LogP contribution in [0.15, 0.2) is 36.4 Å². The Hall–Kier alpha value is -1.90. The first-order valence-electron chi connectivity index (χ1n) is 8.85. The third-order valence-corrected chi connectivity index (χ3v) is 6.48. The average Bonchev–Trinajstić information content (AvgIpc) is 3.30. The van der Waals surface area contributed by atoms with Crippen LogP contribution in [0.1, 0.15) is 39.0 Å². The summed E-state index contributed by atoms with van der Waals surface area (Å²) in [4.78, 5) is 16.6. The minimum atomic E-state index is -3.19. The molecule has 1 fully saturated rings. The maximum absolute atomic E-state index is 13.0. The fraction of sp³-hybridized carbons (Fsp3) is 0.421. The average molecular weight is 409 g/mol. The Bertz CT molecular complexity index is 891. The van der Waals surface area contributed by atoms with Gasteiger partial charge in [-0.25, -0.2) is 13.1 Å². The zero-order chi connectivity index (χ0) is 19.4. The van der Waals surface area contributed by atoms with Crippen molar-refractivity contribution in [3.63, 3.8) is 0 Å². The van der Waals surface area contributed by atoms with Gasteiger partial charge < -0.3 is 9.64 Å². The number of sulfonamides is 1. The van der Waals surface area contributed by atoms with E-state index >= 15 is 0 Å². The highest BCUT2D eigenvalue weighted by atomic mass is 32.2. The highest BCUT2D eigenvalue weighted by Crippen LogP contribution is 2.34. The monoisotopic (exact) mass is 408 g/mol. The smallest absolute Gasteiger partial charge is 0.264 e. The van der Waals surface area contributed by atoms with E-state index in [1.807, 2.05) is 41.3 Å². The van der Waals surface area contributed by atoms with E-state index in [0.717, 1.165) is 41.8 Å². The molecule has 1 aliphatic heterocycles. The number of carbonyl (C=O) groups is 1. The molecule has 1 aromatic carbocycles. The number of methoxy groups -OCH3 is 1. The number of thiophene rings is 1. The van der Waals surface area contributed by atoms with Gasteiger partial charge in [-0.15, -0.1) is 11.3 Å². The number of likely N-dealkylation sites (tertiary alicyclic amines) is 1. The first-order valence-corrected chi connectivity index (χ1v) is 11.6. The van der Waals surface area contributed by atoms with Crippen LogP contribution in [-0.2, 0) is 16.4 Å². The molecule has 0 unspecified atom stereocenters. The fourth-order valence-corrected chi connectivity index (χ4v) is 4.75. The van der Waals surface area contributed by atoms with Crippen molar-refractivity contribution in [3.8, 4) is 5.75 Å². The molecule has 146 valence electrons. The van der Waals surface area contributed by atoms with Crippen LogP contribution in [0, 0.1) is 0 Å². The van der Waals surface area contributed by atoms with E-state index in [4.69, 9.17) is 4.74 Å².